The normalized spacial score (nSPS) is 9.93. The Morgan fingerprint density at radius 2 is 1.75 bits per heavy atom. The van der Waals surface area contributed by atoms with E-state index in [4.69, 9.17) is 9.47 Å². The molecule has 0 aromatic heterocycles. The van der Waals surface area contributed by atoms with E-state index in [0.717, 1.165) is 4.47 Å². The van der Waals surface area contributed by atoms with Crippen LogP contribution in [-0.4, -0.2) is 38.0 Å². The van der Waals surface area contributed by atoms with Gasteiger partial charge in [-0.05, 0) is 30.3 Å². The first-order valence-corrected chi connectivity index (χ1v) is 9.16. The topological polar surface area (TPSA) is 106 Å². The van der Waals surface area contributed by atoms with E-state index in [1.54, 1.807) is 42.5 Å². The molecular formula is C19H20BrN3O5. The van der Waals surface area contributed by atoms with Crippen molar-refractivity contribution in [1.29, 1.82) is 0 Å². The SMILES string of the molecule is COc1ccccc1C(=O)NCCC(=O)NNC(=O)COc1cccc(Br)c1. The Bertz CT molecular complexity index is 844. The molecule has 2 rings (SSSR count). The Hall–Kier alpha value is -3.07. The number of ether oxygens (including phenoxy) is 2. The molecule has 0 radical (unpaired) electrons. The number of nitrogens with one attached hydrogen (secondary N) is 3. The number of hydrogen-bond acceptors (Lipinski definition) is 5. The van der Waals surface area contributed by atoms with Crippen molar-refractivity contribution in [3.05, 3.63) is 58.6 Å². The zero-order valence-corrected chi connectivity index (χ0v) is 16.7. The smallest absolute Gasteiger partial charge is 0.276 e. The summed E-state index contributed by atoms with van der Waals surface area (Å²) in [7, 11) is 1.47. The minimum atomic E-state index is -0.508. The number of methoxy groups -OCH3 is 1. The Kier molecular flexibility index (Phi) is 8.29. The molecule has 3 N–H and O–H groups in total. The molecule has 8 nitrogen and oxygen atoms in total. The van der Waals surface area contributed by atoms with Gasteiger partial charge in [0.15, 0.2) is 6.61 Å². The predicted molar refractivity (Wildman–Crippen MR) is 106 cm³/mol. The van der Waals surface area contributed by atoms with Gasteiger partial charge in [-0.2, -0.15) is 0 Å². The van der Waals surface area contributed by atoms with Crippen molar-refractivity contribution in [2.45, 2.75) is 6.42 Å². The van der Waals surface area contributed by atoms with E-state index in [1.165, 1.54) is 7.11 Å². The number of rotatable bonds is 8. The van der Waals surface area contributed by atoms with Crippen LogP contribution in [0.2, 0.25) is 0 Å². The van der Waals surface area contributed by atoms with Gasteiger partial charge in [0.05, 0.1) is 12.7 Å². The van der Waals surface area contributed by atoms with Gasteiger partial charge in [0.25, 0.3) is 11.8 Å². The maximum atomic E-state index is 12.1. The lowest BCUT2D eigenvalue weighted by Gasteiger charge is -2.10. The summed E-state index contributed by atoms with van der Waals surface area (Å²) in [6.07, 6.45) is -0.00629. The summed E-state index contributed by atoms with van der Waals surface area (Å²) in [5.41, 5.74) is 4.89. The molecule has 0 heterocycles. The number of benzene rings is 2. The number of carbonyl (C=O) groups excluding carboxylic acids is 3. The highest BCUT2D eigenvalue weighted by Gasteiger charge is 2.12. The maximum Gasteiger partial charge on any atom is 0.276 e. The van der Waals surface area contributed by atoms with Crippen LogP contribution in [0.4, 0.5) is 0 Å². The van der Waals surface area contributed by atoms with Crippen molar-refractivity contribution >= 4 is 33.7 Å². The summed E-state index contributed by atoms with van der Waals surface area (Å²) in [6.45, 7) is -0.144. The second-order valence-corrected chi connectivity index (χ2v) is 6.46. The lowest BCUT2D eigenvalue weighted by molar-refractivity contribution is -0.129. The molecule has 2 aromatic carbocycles. The summed E-state index contributed by atoms with van der Waals surface area (Å²) >= 11 is 3.30. The van der Waals surface area contributed by atoms with Gasteiger partial charge < -0.3 is 14.8 Å². The Labute approximate surface area is 170 Å². The second-order valence-electron chi connectivity index (χ2n) is 5.55. The molecule has 0 atom stereocenters. The molecule has 0 spiro atoms. The van der Waals surface area contributed by atoms with Crippen LogP contribution in [0.1, 0.15) is 16.8 Å². The van der Waals surface area contributed by atoms with Gasteiger partial charge >= 0.3 is 0 Å². The number of hydrogen-bond donors (Lipinski definition) is 3. The van der Waals surface area contributed by atoms with Crippen LogP contribution in [0.5, 0.6) is 11.5 Å². The molecular weight excluding hydrogens is 430 g/mol. The Morgan fingerprint density at radius 3 is 2.50 bits per heavy atom. The second kappa shape index (κ2) is 10.9. The average molecular weight is 450 g/mol. The van der Waals surface area contributed by atoms with E-state index in [1.807, 2.05) is 6.07 Å². The molecule has 9 heteroatoms. The first-order valence-electron chi connectivity index (χ1n) is 8.37. The largest absolute Gasteiger partial charge is 0.496 e. The molecule has 3 amide bonds. The van der Waals surface area contributed by atoms with E-state index in [9.17, 15) is 14.4 Å². The molecule has 0 saturated carbocycles. The number of para-hydroxylation sites is 1. The van der Waals surface area contributed by atoms with Crippen molar-refractivity contribution in [3.8, 4) is 11.5 Å². The molecule has 0 fully saturated rings. The first-order chi connectivity index (χ1) is 13.5. The van der Waals surface area contributed by atoms with E-state index >= 15 is 0 Å². The molecule has 0 aliphatic rings. The summed E-state index contributed by atoms with van der Waals surface area (Å²) in [5, 5.41) is 2.62. The lowest BCUT2D eigenvalue weighted by Crippen LogP contribution is -2.44. The molecule has 0 unspecified atom stereocenters. The molecule has 0 bridgehead atoms. The lowest BCUT2D eigenvalue weighted by atomic mass is 10.2. The fourth-order valence-corrected chi connectivity index (χ4v) is 2.54. The van der Waals surface area contributed by atoms with Crippen molar-refractivity contribution in [2.75, 3.05) is 20.3 Å². The molecule has 0 saturated heterocycles. The van der Waals surface area contributed by atoms with Gasteiger partial charge in [0.2, 0.25) is 5.91 Å². The van der Waals surface area contributed by atoms with Crippen molar-refractivity contribution < 1.29 is 23.9 Å². The van der Waals surface area contributed by atoms with E-state index < -0.39 is 11.8 Å². The number of carbonyl (C=O) groups is 3. The zero-order chi connectivity index (χ0) is 20.4. The average Bonchev–Trinajstić information content (AvgIpc) is 2.70. The number of halogens is 1. The molecule has 28 heavy (non-hydrogen) atoms. The Morgan fingerprint density at radius 1 is 1.00 bits per heavy atom. The van der Waals surface area contributed by atoms with Crippen LogP contribution >= 0.6 is 15.9 Å². The van der Waals surface area contributed by atoms with Gasteiger partial charge in [-0.1, -0.05) is 34.1 Å². The van der Waals surface area contributed by atoms with Crippen molar-refractivity contribution in [1.82, 2.24) is 16.2 Å². The monoisotopic (exact) mass is 449 g/mol. The van der Waals surface area contributed by atoms with Crippen LogP contribution in [0.3, 0.4) is 0 Å². The van der Waals surface area contributed by atoms with Gasteiger partial charge in [0.1, 0.15) is 11.5 Å². The van der Waals surface area contributed by atoms with Crippen LogP contribution in [-0.2, 0) is 9.59 Å². The third-order valence-electron chi connectivity index (χ3n) is 3.50. The highest BCUT2D eigenvalue weighted by atomic mass is 79.9. The van der Waals surface area contributed by atoms with Crippen LogP contribution in [0, 0.1) is 0 Å². The number of amides is 3. The van der Waals surface area contributed by atoms with Crippen molar-refractivity contribution in [3.63, 3.8) is 0 Å². The predicted octanol–water partition coefficient (Wildman–Crippen LogP) is 1.80. The number of hydrazine groups is 1. The van der Waals surface area contributed by atoms with Gasteiger partial charge in [-0.15, -0.1) is 0 Å². The zero-order valence-electron chi connectivity index (χ0n) is 15.2. The van der Waals surface area contributed by atoms with Gasteiger partial charge in [0, 0.05) is 17.4 Å². The maximum absolute atomic E-state index is 12.1. The van der Waals surface area contributed by atoms with E-state index in [0.29, 0.717) is 17.1 Å². The summed E-state index contributed by atoms with van der Waals surface area (Å²) in [5.74, 6) is -0.337. The standard InChI is InChI=1S/C19H20BrN3O5/c1-27-16-8-3-2-7-15(16)19(26)21-10-9-17(24)22-23-18(25)12-28-14-6-4-5-13(20)11-14/h2-8,11H,9-10,12H2,1H3,(H,21,26)(H,22,24)(H,23,25). The fourth-order valence-electron chi connectivity index (χ4n) is 2.16. The molecule has 0 aliphatic carbocycles. The fraction of sp³-hybridized carbons (Fsp3) is 0.211. The minimum absolute atomic E-state index is 0.00629. The molecule has 148 valence electrons. The minimum Gasteiger partial charge on any atom is -0.496 e. The van der Waals surface area contributed by atoms with Gasteiger partial charge in [-0.3, -0.25) is 25.2 Å². The van der Waals surface area contributed by atoms with E-state index in [-0.39, 0.29) is 25.5 Å². The molecule has 2 aromatic rings. The Balaban J connectivity index is 1.65. The van der Waals surface area contributed by atoms with Gasteiger partial charge in [-0.25, -0.2) is 0 Å². The summed E-state index contributed by atoms with van der Waals surface area (Å²) in [4.78, 5) is 35.6. The highest BCUT2D eigenvalue weighted by molar-refractivity contribution is 9.10. The third kappa shape index (κ3) is 6.92. The van der Waals surface area contributed by atoms with Crippen LogP contribution < -0.4 is 25.6 Å². The van der Waals surface area contributed by atoms with Crippen LogP contribution in [0.15, 0.2) is 53.0 Å². The quantitative estimate of drug-likeness (QED) is 0.532. The summed E-state index contributed by atoms with van der Waals surface area (Å²) < 4.78 is 11.2. The molecule has 0 aliphatic heterocycles. The highest BCUT2D eigenvalue weighted by Crippen LogP contribution is 2.17. The van der Waals surface area contributed by atoms with E-state index in [2.05, 4.69) is 32.1 Å². The summed E-state index contributed by atoms with van der Waals surface area (Å²) in [6, 6.07) is 13.8. The van der Waals surface area contributed by atoms with Crippen LogP contribution in [0.25, 0.3) is 0 Å². The third-order valence-corrected chi connectivity index (χ3v) is 3.99. The van der Waals surface area contributed by atoms with Crippen molar-refractivity contribution in [2.24, 2.45) is 0 Å². The first kappa shape index (κ1) is 21.2.